The van der Waals surface area contributed by atoms with Crippen molar-refractivity contribution in [1.82, 2.24) is 38.2 Å². The lowest BCUT2D eigenvalue weighted by molar-refractivity contribution is 0.0600. The van der Waals surface area contributed by atoms with E-state index in [2.05, 4.69) is 43.6 Å². The number of benzene rings is 12. The quantitative estimate of drug-likeness (QED) is 0.0417. The molecule has 0 aliphatic rings. The zero-order valence-electron chi connectivity index (χ0n) is 61.6. The molecule has 0 radical (unpaired) electrons. The molecule has 0 spiro atoms. The molecule has 0 saturated carbocycles. The number of phenols is 1. The van der Waals surface area contributed by atoms with Crippen molar-refractivity contribution in [2.45, 2.75) is 19.6 Å². The first-order valence-electron chi connectivity index (χ1n) is 34.6. The number of sulfonamides is 4. The van der Waals surface area contributed by atoms with E-state index >= 15 is 0 Å². The Morgan fingerprint density at radius 3 is 0.983 bits per heavy atom. The number of aromatic hydroxyl groups is 1. The van der Waals surface area contributed by atoms with Gasteiger partial charge in [0.2, 0.25) is 0 Å². The molecule has 28 nitrogen and oxygen atoms in total. The van der Waals surface area contributed by atoms with Gasteiger partial charge in [-0.3, -0.25) is 37.2 Å². The highest BCUT2D eigenvalue weighted by Crippen LogP contribution is 2.34. The topological polar surface area (TPSA) is 363 Å². The molecule has 0 amide bonds. The van der Waals surface area contributed by atoms with Crippen LogP contribution < -0.4 is 37.8 Å². The number of imidazole rings is 4. The molecule has 32 heteroatoms. The van der Waals surface area contributed by atoms with E-state index in [4.69, 9.17) is 24.2 Å². The number of nitrogens with zero attached hydrogens (tertiary/aromatic N) is 9. The van der Waals surface area contributed by atoms with Crippen molar-refractivity contribution < 1.29 is 67.3 Å². The number of carbonyl (C=O) groups excluding carboxylic acids is 1. The molecule has 0 aliphatic heterocycles. The number of hydrogen-bond donors (Lipinski definition) is 5. The average molecular weight is 1620 g/mol. The predicted octanol–water partition coefficient (Wildman–Crippen LogP) is 14.7. The zero-order valence-corrected chi connectivity index (χ0v) is 64.9. The third kappa shape index (κ3) is 17.8. The van der Waals surface area contributed by atoms with Crippen molar-refractivity contribution in [3.63, 3.8) is 0 Å². The minimum absolute atomic E-state index is 0.00633. The van der Waals surface area contributed by atoms with E-state index in [1.165, 1.54) is 108 Å². The number of esters is 1. The van der Waals surface area contributed by atoms with Crippen LogP contribution in [0.3, 0.4) is 0 Å². The van der Waals surface area contributed by atoms with Crippen LogP contribution in [0.5, 0.6) is 28.7 Å². The van der Waals surface area contributed by atoms with E-state index in [1.807, 2.05) is 146 Å². The highest BCUT2D eigenvalue weighted by molar-refractivity contribution is 7.93. The van der Waals surface area contributed by atoms with Crippen LogP contribution in [0.4, 0.5) is 22.7 Å². The van der Waals surface area contributed by atoms with E-state index in [1.54, 1.807) is 104 Å². The average Bonchev–Trinajstić information content (AvgIpc) is 1.55. The number of hydrogen-bond acceptors (Lipinski definition) is 20. The van der Waals surface area contributed by atoms with Crippen LogP contribution >= 0.6 is 0 Å². The maximum Gasteiger partial charge on any atom is 0.337 e. The standard InChI is InChI=1S/C21H16N4O3S.C21H19N3O4S.C21H17N3O4S.C20H17N3O4S/c1-28-21-12-18(10-9-15(21)13-22)29(26,27)24-16-5-4-6-17(11-16)25-14-23-19-7-2-3-8-20(19)25;1-27-20-11-10-17(13-21(20)28-2)29(25,26)23-15-6-5-7-16(12-15)24-14-22-18-8-3-4-9-19(18)24;1-28-21(25)15-9-11-18(12-10-15)29(26,27)23-16-5-4-6-17(13-16)24-14-22-19-7-2-3-8-20(19)24;1-27-20-12-16(9-10-19(20)24)28(25,26)22-14-5-4-6-15(11-14)23-13-21-17-7-2-3-8-18(17)23/h2-12,14,24H,1H3;3-14,23H,1-2H3;2-14,23H,1H3;2-13,22,24H,1H3. The smallest absolute Gasteiger partial charge is 0.337 e. The molecule has 5 N–H and O–H groups in total. The fourth-order valence-corrected chi connectivity index (χ4v) is 16.3. The highest BCUT2D eigenvalue weighted by Gasteiger charge is 2.23. The fraction of sp³-hybridized carbons (Fsp3) is 0.0602. The van der Waals surface area contributed by atoms with Gasteiger partial charge < -0.3 is 28.8 Å². The summed E-state index contributed by atoms with van der Waals surface area (Å²) in [6, 6.07) is 79.0. The van der Waals surface area contributed by atoms with Crippen LogP contribution in [-0.4, -0.2) is 119 Å². The number of carbonyl (C=O) groups is 1. The van der Waals surface area contributed by atoms with Gasteiger partial charge in [0.25, 0.3) is 40.1 Å². The van der Waals surface area contributed by atoms with Crippen molar-refractivity contribution >= 4 is 113 Å². The number of methoxy groups -OCH3 is 5. The summed E-state index contributed by atoms with van der Waals surface area (Å²) in [5.74, 6) is 0.433. The van der Waals surface area contributed by atoms with Gasteiger partial charge in [-0.25, -0.2) is 58.4 Å². The Morgan fingerprint density at radius 1 is 0.339 bits per heavy atom. The predicted molar refractivity (Wildman–Crippen MR) is 437 cm³/mol. The number of nitriles is 1. The van der Waals surface area contributed by atoms with E-state index in [-0.39, 0.29) is 48.0 Å². The molecule has 4 aromatic heterocycles. The second-order valence-electron chi connectivity index (χ2n) is 24.9. The number of anilines is 4. The van der Waals surface area contributed by atoms with Gasteiger partial charge in [-0.2, -0.15) is 5.26 Å². The van der Waals surface area contributed by atoms with Gasteiger partial charge in [0.1, 0.15) is 37.1 Å². The number of fused-ring (bicyclic) bond motifs is 4. The molecule has 0 unspecified atom stereocenters. The number of rotatable bonds is 21. The Kier molecular flexibility index (Phi) is 23.2. The molecule has 115 heavy (non-hydrogen) atoms. The molecule has 16 aromatic rings. The van der Waals surface area contributed by atoms with Crippen molar-refractivity contribution in [2.75, 3.05) is 54.4 Å². The third-order valence-corrected chi connectivity index (χ3v) is 23.2. The fourth-order valence-electron chi connectivity index (χ4n) is 12.0. The monoisotopic (exact) mass is 1620 g/mol. The van der Waals surface area contributed by atoms with E-state index < -0.39 is 46.1 Å². The summed E-state index contributed by atoms with van der Waals surface area (Å²) in [6.07, 6.45) is 6.81. The van der Waals surface area contributed by atoms with Gasteiger partial charge in [-0.1, -0.05) is 72.8 Å². The normalized spacial score (nSPS) is 11.3. The molecular weight excluding hydrogens is 1550 g/mol. The van der Waals surface area contributed by atoms with Gasteiger partial charge in [-0.15, -0.1) is 0 Å². The summed E-state index contributed by atoms with van der Waals surface area (Å²) in [4.78, 5) is 29.1. The van der Waals surface area contributed by atoms with Gasteiger partial charge in [0.05, 0.1) is 133 Å². The van der Waals surface area contributed by atoms with Gasteiger partial charge in [0.15, 0.2) is 23.0 Å². The number of ether oxygens (including phenoxy) is 5. The van der Waals surface area contributed by atoms with Crippen LogP contribution in [0.15, 0.2) is 318 Å². The second-order valence-corrected chi connectivity index (χ2v) is 31.6. The lowest BCUT2D eigenvalue weighted by Gasteiger charge is -2.12. The van der Waals surface area contributed by atoms with Crippen molar-refractivity contribution in [1.29, 1.82) is 5.26 Å². The molecule has 0 saturated heterocycles. The molecule has 0 aliphatic carbocycles. The first-order chi connectivity index (χ1) is 55.5. The molecule has 12 aromatic carbocycles. The second kappa shape index (κ2) is 34.0. The summed E-state index contributed by atoms with van der Waals surface area (Å²) < 4.78 is 145. The Bertz CT molecular complexity index is 6830. The summed E-state index contributed by atoms with van der Waals surface area (Å²) in [5, 5.41) is 18.7. The molecule has 16 rings (SSSR count). The first kappa shape index (κ1) is 78.6. The summed E-state index contributed by atoms with van der Waals surface area (Å²) >= 11 is 0. The zero-order chi connectivity index (χ0) is 81.0. The number of aromatic nitrogens is 8. The number of nitrogens with one attached hydrogen (secondary N) is 4. The lowest BCUT2D eigenvalue weighted by atomic mass is 10.2. The van der Waals surface area contributed by atoms with Crippen LogP contribution in [-0.2, 0) is 44.8 Å². The van der Waals surface area contributed by atoms with E-state index in [0.29, 0.717) is 34.2 Å². The van der Waals surface area contributed by atoms with Crippen LogP contribution in [0.2, 0.25) is 0 Å². The molecule has 0 bridgehead atoms. The molecule has 0 fully saturated rings. The number of para-hydroxylation sites is 8. The van der Waals surface area contributed by atoms with E-state index in [0.717, 1.165) is 66.9 Å². The highest BCUT2D eigenvalue weighted by atomic mass is 32.2. The SMILES string of the molecule is COC(=O)c1ccc(S(=O)(=O)Nc2cccc(-n3cnc4ccccc43)c2)cc1.COc1cc(S(=O)(=O)Nc2cccc(-n3cnc4ccccc43)c2)ccc1C#N.COc1cc(S(=O)(=O)Nc2cccc(-n3cnc4ccccc43)c2)ccc1O.COc1ccc(S(=O)(=O)Nc2cccc(-n3cnc4ccccc43)c2)cc1OC. The van der Waals surface area contributed by atoms with Crippen molar-refractivity contribution in [3.05, 3.63) is 309 Å². The number of phenolic OH excluding ortho intramolecular Hbond substituents is 1. The van der Waals surface area contributed by atoms with Crippen LogP contribution in [0, 0.1) is 11.3 Å². The van der Waals surface area contributed by atoms with Crippen molar-refractivity contribution in [3.8, 4) is 57.6 Å². The molecule has 580 valence electrons. The van der Waals surface area contributed by atoms with Crippen molar-refractivity contribution in [2.24, 2.45) is 0 Å². The summed E-state index contributed by atoms with van der Waals surface area (Å²) in [6.45, 7) is 0. The Morgan fingerprint density at radius 2 is 0.643 bits per heavy atom. The largest absolute Gasteiger partial charge is 0.504 e. The first-order valence-corrected chi connectivity index (χ1v) is 40.5. The molecular formula is C83H69N13O15S4. The minimum Gasteiger partial charge on any atom is -0.504 e. The lowest BCUT2D eigenvalue weighted by Crippen LogP contribution is -2.13. The summed E-state index contributed by atoms with van der Waals surface area (Å²) in [7, 11) is -8.38. The minimum atomic E-state index is -3.86. The summed E-state index contributed by atoms with van der Waals surface area (Å²) in [5.41, 5.74) is 12.5. The Balaban J connectivity index is 0.000000134. The Labute approximate surface area is 660 Å². The van der Waals surface area contributed by atoms with Crippen LogP contribution in [0.1, 0.15) is 15.9 Å². The van der Waals surface area contributed by atoms with Gasteiger partial charge >= 0.3 is 5.97 Å². The molecule has 0 atom stereocenters. The maximum atomic E-state index is 12.9. The van der Waals surface area contributed by atoms with Gasteiger partial charge in [-0.05, 0) is 182 Å². The van der Waals surface area contributed by atoms with E-state index in [9.17, 15) is 43.6 Å². The van der Waals surface area contributed by atoms with Crippen LogP contribution in [0.25, 0.3) is 66.9 Å². The third-order valence-electron chi connectivity index (χ3n) is 17.6. The Hall–Kier alpha value is -14.5. The molecule has 4 heterocycles. The van der Waals surface area contributed by atoms with Gasteiger partial charge in [0, 0.05) is 40.9 Å². The maximum absolute atomic E-state index is 12.9.